The van der Waals surface area contributed by atoms with Gasteiger partial charge in [0.15, 0.2) is 5.82 Å². The van der Waals surface area contributed by atoms with Crippen LogP contribution in [0.5, 0.6) is 11.5 Å². The van der Waals surface area contributed by atoms with Crippen LogP contribution in [0.25, 0.3) is 11.3 Å². The molecule has 3 rings (SSSR count). The van der Waals surface area contributed by atoms with Crippen molar-refractivity contribution in [2.75, 3.05) is 32.8 Å². The maximum absolute atomic E-state index is 13.3. The first-order valence-corrected chi connectivity index (χ1v) is 13.2. The van der Waals surface area contributed by atoms with Gasteiger partial charge < -0.3 is 19.5 Å². The predicted molar refractivity (Wildman–Crippen MR) is 144 cm³/mol. The standard InChI is InChI=1S/C28H40N4O6/c1-19(2)17-32-23(22-14-21(36-3)11-12-25(22)37-4)15-26(30-32)31(18-33)24(13-20-9-7-6-8-10-20)28(35)29-16-27(34)38-5/h11-12,14-15,18-20,24H,6-10,13,16-17H2,1-5H3,(H,29,35)/t24-/m0/s1. The van der Waals surface area contributed by atoms with Gasteiger partial charge in [0.05, 0.1) is 27.0 Å². The minimum Gasteiger partial charge on any atom is -0.497 e. The van der Waals surface area contributed by atoms with Gasteiger partial charge in [0, 0.05) is 18.2 Å². The zero-order valence-corrected chi connectivity index (χ0v) is 23.1. The van der Waals surface area contributed by atoms with E-state index in [0.717, 1.165) is 36.9 Å². The Morgan fingerprint density at radius 3 is 2.47 bits per heavy atom. The molecule has 10 nitrogen and oxygen atoms in total. The molecule has 0 unspecified atom stereocenters. The van der Waals surface area contributed by atoms with Gasteiger partial charge in [-0.2, -0.15) is 5.10 Å². The lowest BCUT2D eigenvalue weighted by Gasteiger charge is -2.30. The Morgan fingerprint density at radius 2 is 1.87 bits per heavy atom. The number of aromatic nitrogens is 2. The Bertz CT molecular complexity index is 1090. The second-order valence-electron chi connectivity index (χ2n) is 10.1. The molecule has 1 fully saturated rings. The topological polar surface area (TPSA) is 112 Å². The zero-order valence-electron chi connectivity index (χ0n) is 23.1. The van der Waals surface area contributed by atoms with Crippen LogP contribution in [0.1, 0.15) is 52.4 Å². The smallest absolute Gasteiger partial charge is 0.325 e. The number of carbonyl (C=O) groups is 3. The Kier molecular flexibility index (Phi) is 10.6. The number of carbonyl (C=O) groups excluding carboxylic acids is 3. The fraction of sp³-hybridized carbons (Fsp3) is 0.571. The third-order valence-electron chi connectivity index (χ3n) is 6.92. The zero-order chi connectivity index (χ0) is 27.7. The van der Waals surface area contributed by atoms with Crippen molar-refractivity contribution in [2.24, 2.45) is 11.8 Å². The molecule has 2 amide bonds. The van der Waals surface area contributed by atoms with Gasteiger partial charge in [0.1, 0.15) is 24.1 Å². The Morgan fingerprint density at radius 1 is 1.13 bits per heavy atom. The normalized spacial score (nSPS) is 14.6. The minimum atomic E-state index is -0.817. The molecule has 1 heterocycles. The van der Waals surface area contributed by atoms with Gasteiger partial charge in [0.25, 0.3) is 0 Å². The number of hydrogen-bond acceptors (Lipinski definition) is 7. The molecule has 0 aliphatic heterocycles. The largest absolute Gasteiger partial charge is 0.497 e. The molecule has 1 N–H and O–H groups in total. The van der Waals surface area contributed by atoms with Crippen molar-refractivity contribution in [1.82, 2.24) is 15.1 Å². The average Bonchev–Trinajstić information content (AvgIpc) is 3.33. The molecule has 0 radical (unpaired) electrons. The summed E-state index contributed by atoms with van der Waals surface area (Å²) in [6, 6.07) is 6.49. The molecule has 208 valence electrons. The van der Waals surface area contributed by atoms with Gasteiger partial charge in [-0.05, 0) is 36.5 Å². The van der Waals surface area contributed by atoms with Crippen LogP contribution < -0.4 is 19.7 Å². The number of hydrogen-bond donors (Lipinski definition) is 1. The van der Waals surface area contributed by atoms with Gasteiger partial charge in [-0.15, -0.1) is 0 Å². The molecule has 0 spiro atoms. The van der Waals surface area contributed by atoms with Crippen molar-refractivity contribution in [2.45, 2.75) is 65.0 Å². The van der Waals surface area contributed by atoms with E-state index in [1.807, 2.05) is 22.9 Å². The molecule has 38 heavy (non-hydrogen) atoms. The number of benzene rings is 1. The minimum absolute atomic E-state index is 0.267. The maximum Gasteiger partial charge on any atom is 0.325 e. The molecule has 1 aromatic heterocycles. The number of ether oxygens (including phenoxy) is 3. The first kappa shape index (κ1) is 29.0. The first-order valence-electron chi connectivity index (χ1n) is 13.2. The van der Waals surface area contributed by atoms with E-state index in [2.05, 4.69) is 23.9 Å². The third-order valence-corrected chi connectivity index (χ3v) is 6.92. The summed E-state index contributed by atoms with van der Waals surface area (Å²) in [6.45, 7) is 4.48. The van der Waals surface area contributed by atoms with Crippen LogP contribution in [0.15, 0.2) is 24.3 Å². The maximum atomic E-state index is 13.3. The van der Waals surface area contributed by atoms with Crippen molar-refractivity contribution in [3.63, 3.8) is 0 Å². The number of methoxy groups -OCH3 is 3. The Labute approximate surface area is 224 Å². The van der Waals surface area contributed by atoms with Crippen LogP contribution in [0.4, 0.5) is 5.82 Å². The molecule has 1 aliphatic rings. The second-order valence-corrected chi connectivity index (χ2v) is 10.1. The molecular weight excluding hydrogens is 488 g/mol. The summed E-state index contributed by atoms with van der Waals surface area (Å²) in [7, 11) is 4.46. The summed E-state index contributed by atoms with van der Waals surface area (Å²) < 4.78 is 17.6. The predicted octanol–water partition coefficient (Wildman–Crippen LogP) is 3.81. The van der Waals surface area contributed by atoms with Gasteiger partial charge >= 0.3 is 5.97 Å². The monoisotopic (exact) mass is 528 g/mol. The molecule has 2 aromatic rings. The number of esters is 1. The molecule has 1 atom stereocenters. The number of rotatable bonds is 13. The van der Waals surface area contributed by atoms with E-state index < -0.39 is 17.9 Å². The van der Waals surface area contributed by atoms with E-state index >= 15 is 0 Å². The molecule has 1 saturated carbocycles. The lowest BCUT2D eigenvalue weighted by molar-refractivity contribution is -0.141. The van der Waals surface area contributed by atoms with Crippen LogP contribution >= 0.6 is 0 Å². The second kappa shape index (κ2) is 13.8. The van der Waals surface area contributed by atoms with E-state index in [1.165, 1.54) is 18.4 Å². The van der Waals surface area contributed by atoms with Gasteiger partial charge in [-0.25, -0.2) is 0 Å². The molecular formula is C28H40N4O6. The third kappa shape index (κ3) is 7.26. The van der Waals surface area contributed by atoms with E-state index in [1.54, 1.807) is 20.3 Å². The number of nitrogens with zero attached hydrogens (tertiary/aromatic N) is 3. The summed E-state index contributed by atoms with van der Waals surface area (Å²) >= 11 is 0. The molecule has 0 saturated heterocycles. The Hall–Kier alpha value is -3.56. The van der Waals surface area contributed by atoms with Gasteiger partial charge in [0.2, 0.25) is 12.3 Å². The Balaban J connectivity index is 2.04. The van der Waals surface area contributed by atoms with E-state index in [-0.39, 0.29) is 12.5 Å². The van der Waals surface area contributed by atoms with Gasteiger partial charge in [-0.3, -0.25) is 24.0 Å². The van der Waals surface area contributed by atoms with E-state index in [0.29, 0.717) is 42.6 Å². The summed E-state index contributed by atoms with van der Waals surface area (Å²) in [6.07, 6.45) is 6.53. The average molecular weight is 529 g/mol. The molecule has 1 aromatic carbocycles. The number of nitrogens with one attached hydrogen (secondary N) is 1. The van der Waals surface area contributed by atoms with Crippen molar-refractivity contribution in [3.05, 3.63) is 24.3 Å². The summed E-state index contributed by atoms with van der Waals surface area (Å²) in [5.74, 6) is 1.25. The highest BCUT2D eigenvalue weighted by molar-refractivity contribution is 5.93. The van der Waals surface area contributed by atoms with Crippen molar-refractivity contribution >= 4 is 24.1 Å². The summed E-state index contributed by atoms with van der Waals surface area (Å²) in [5, 5.41) is 7.42. The van der Waals surface area contributed by atoms with Crippen molar-refractivity contribution in [3.8, 4) is 22.8 Å². The van der Waals surface area contributed by atoms with Gasteiger partial charge in [-0.1, -0.05) is 46.0 Å². The summed E-state index contributed by atoms with van der Waals surface area (Å²) in [4.78, 5) is 39.0. The van der Waals surface area contributed by atoms with Crippen molar-refractivity contribution in [1.29, 1.82) is 0 Å². The van der Waals surface area contributed by atoms with Crippen LogP contribution in [0, 0.1) is 11.8 Å². The van der Waals surface area contributed by atoms with Crippen LogP contribution in [0.2, 0.25) is 0 Å². The van der Waals surface area contributed by atoms with E-state index in [9.17, 15) is 14.4 Å². The highest BCUT2D eigenvalue weighted by atomic mass is 16.5. The quantitative estimate of drug-likeness (QED) is 0.311. The van der Waals surface area contributed by atoms with E-state index in [4.69, 9.17) is 14.6 Å². The highest BCUT2D eigenvalue weighted by Crippen LogP contribution is 2.36. The number of anilines is 1. The highest BCUT2D eigenvalue weighted by Gasteiger charge is 2.32. The SMILES string of the molecule is COC(=O)CNC(=O)[C@H](CC1CCCCC1)N(C=O)c1cc(-c2cc(OC)ccc2OC)n(CC(C)C)n1. The van der Waals surface area contributed by atoms with Crippen molar-refractivity contribution < 1.29 is 28.6 Å². The van der Waals surface area contributed by atoms with Crippen LogP contribution in [-0.4, -0.2) is 62.0 Å². The lowest BCUT2D eigenvalue weighted by atomic mass is 9.84. The lowest BCUT2D eigenvalue weighted by Crippen LogP contribution is -2.49. The van der Waals surface area contributed by atoms with Crippen LogP contribution in [-0.2, 0) is 25.7 Å². The molecule has 10 heteroatoms. The number of amides is 2. The fourth-order valence-electron chi connectivity index (χ4n) is 4.97. The van der Waals surface area contributed by atoms with Crippen LogP contribution in [0.3, 0.4) is 0 Å². The molecule has 1 aliphatic carbocycles. The fourth-order valence-corrected chi connectivity index (χ4v) is 4.97. The molecule has 0 bridgehead atoms. The first-order chi connectivity index (χ1) is 18.3. The summed E-state index contributed by atoms with van der Waals surface area (Å²) in [5.41, 5.74) is 1.50.